The molecule has 0 aliphatic heterocycles. The smallest absolute Gasteiger partial charge is 0.326 e. The highest BCUT2D eigenvalue weighted by molar-refractivity contribution is 5.96. The van der Waals surface area contributed by atoms with Gasteiger partial charge in [0.2, 0.25) is 29.5 Å². The summed E-state index contributed by atoms with van der Waals surface area (Å²) in [7, 11) is 0. The number of carboxylic acids is 1. The number of aromatic nitrogens is 1. The molecule has 0 spiro atoms. The molecular weight excluding hydrogens is 574 g/mol. The number of carbonyl (C=O) groups excluding carboxylic acids is 5. The fourth-order valence-electron chi connectivity index (χ4n) is 4.49. The molecule has 12 N–H and O–H groups in total. The summed E-state index contributed by atoms with van der Waals surface area (Å²) in [5.41, 5.74) is 18.7. The Morgan fingerprint density at radius 1 is 0.773 bits per heavy atom. The Kier molecular flexibility index (Phi) is 11.4. The highest BCUT2D eigenvalue weighted by Gasteiger charge is 2.31. The molecule has 0 bridgehead atoms. The summed E-state index contributed by atoms with van der Waals surface area (Å²) < 4.78 is 0. The summed E-state index contributed by atoms with van der Waals surface area (Å²) in [5.74, 6) is -5.85. The van der Waals surface area contributed by atoms with E-state index in [2.05, 4.69) is 20.9 Å². The topological polar surface area (TPSA) is 273 Å². The third-order valence-electron chi connectivity index (χ3n) is 6.79. The van der Waals surface area contributed by atoms with E-state index in [4.69, 9.17) is 17.2 Å². The first-order chi connectivity index (χ1) is 20.8. The van der Waals surface area contributed by atoms with Crippen LogP contribution in [-0.4, -0.2) is 74.9 Å². The third-order valence-corrected chi connectivity index (χ3v) is 6.79. The zero-order chi connectivity index (χ0) is 32.4. The normalized spacial score (nSPS) is 13.7. The van der Waals surface area contributed by atoms with Gasteiger partial charge >= 0.3 is 5.97 Å². The molecule has 15 nitrogen and oxygen atoms in total. The molecule has 15 heteroatoms. The zero-order valence-corrected chi connectivity index (χ0v) is 23.6. The molecule has 1 heterocycles. The van der Waals surface area contributed by atoms with Gasteiger partial charge in [-0.2, -0.15) is 0 Å². The number of primary amides is 2. The Hall–Kier alpha value is -5.44. The number of hydrogen-bond acceptors (Lipinski definition) is 8. The van der Waals surface area contributed by atoms with Crippen molar-refractivity contribution in [1.29, 1.82) is 0 Å². The molecule has 0 radical (unpaired) electrons. The molecule has 3 rings (SSSR count). The lowest BCUT2D eigenvalue weighted by molar-refractivity contribution is -0.142. The van der Waals surface area contributed by atoms with E-state index in [1.165, 1.54) is 24.3 Å². The number of aromatic hydroxyl groups is 1. The number of nitrogens with one attached hydrogen (secondary N) is 4. The van der Waals surface area contributed by atoms with Gasteiger partial charge in [0, 0.05) is 29.9 Å². The number of carboxylic acid groups (broad SMARTS) is 1. The number of H-pyrrole nitrogens is 1. The van der Waals surface area contributed by atoms with Gasteiger partial charge in [0.25, 0.3) is 0 Å². The van der Waals surface area contributed by atoms with Crippen LogP contribution in [0.2, 0.25) is 0 Å². The van der Waals surface area contributed by atoms with E-state index in [1.807, 2.05) is 24.3 Å². The number of fused-ring (bicyclic) bond motifs is 1. The first-order valence-electron chi connectivity index (χ1n) is 13.6. The maximum atomic E-state index is 13.2. The van der Waals surface area contributed by atoms with E-state index < -0.39 is 66.1 Å². The second kappa shape index (κ2) is 15.2. The number of aromatic amines is 1. The Labute approximate surface area is 251 Å². The van der Waals surface area contributed by atoms with Crippen molar-refractivity contribution in [3.05, 3.63) is 65.9 Å². The standard InChI is InChI=1S/C29H35N7O8/c30-19(12-16-14-33-20-4-2-1-3-18(16)20)26(40)35-22(13-25(32)39)28(42)34-21(9-10-24(31)38)27(41)36-23(29(43)44)11-15-5-7-17(37)8-6-15/h1-8,14,19,21-23,33,37H,9-13,30H2,(H2,31,38)(H2,32,39)(H,34,42)(H,35,40)(H,36,41)(H,43,44). The van der Waals surface area contributed by atoms with Crippen LogP contribution in [0.3, 0.4) is 0 Å². The largest absolute Gasteiger partial charge is 0.508 e. The van der Waals surface area contributed by atoms with Gasteiger partial charge < -0.3 is 48.3 Å². The predicted octanol–water partition coefficient (Wildman–Crippen LogP) is -1.33. The second-order valence-electron chi connectivity index (χ2n) is 10.2. The molecule has 0 aliphatic carbocycles. The summed E-state index contributed by atoms with van der Waals surface area (Å²) >= 11 is 0. The second-order valence-corrected chi connectivity index (χ2v) is 10.2. The van der Waals surface area contributed by atoms with Gasteiger partial charge in [0.15, 0.2) is 0 Å². The minimum Gasteiger partial charge on any atom is -0.508 e. The average molecular weight is 610 g/mol. The van der Waals surface area contributed by atoms with Crippen LogP contribution in [0.4, 0.5) is 0 Å². The highest BCUT2D eigenvalue weighted by Crippen LogP contribution is 2.19. The first kappa shape index (κ1) is 33.1. The van der Waals surface area contributed by atoms with Crippen molar-refractivity contribution in [3.8, 4) is 5.75 Å². The molecule has 0 saturated carbocycles. The number of hydrogen-bond donors (Lipinski definition) is 9. The summed E-state index contributed by atoms with van der Waals surface area (Å²) in [6, 6.07) is 7.47. The first-order valence-corrected chi connectivity index (χ1v) is 13.6. The van der Waals surface area contributed by atoms with E-state index in [0.717, 1.165) is 16.5 Å². The monoisotopic (exact) mass is 609 g/mol. The summed E-state index contributed by atoms with van der Waals surface area (Å²) in [4.78, 5) is 77.5. The summed E-state index contributed by atoms with van der Waals surface area (Å²) in [6.45, 7) is 0. The van der Waals surface area contributed by atoms with E-state index >= 15 is 0 Å². The molecule has 0 fully saturated rings. The number of benzene rings is 2. The molecule has 4 atom stereocenters. The Bertz CT molecular complexity index is 1520. The van der Waals surface area contributed by atoms with Crippen LogP contribution in [-0.2, 0) is 41.6 Å². The van der Waals surface area contributed by atoms with Gasteiger partial charge in [0.1, 0.15) is 23.9 Å². The minimum absolute atomic E-state index is 0.0320. The molecule has 234 valence electrons. The van der Waals surface area contributed by atoms with E-state index in [-0.39, 0.29) is 31.4 Å². The van der Waals surface area contributed by atoms with Crippen molar-refractivity contribution >= 4 is 46.4 Å². The van der Waals surface area contributed by atoms with Gasteiger partial charge in [0.05, 0.1) is 12.5 Å². The van der Waals surface area contributed by atoms with Crippen molar-refractivity contribution in [3.63, 3.8) is 0 Å². The van der Waals surface area contributed by atoms with Crippen LogP contribution in [0.1, 0.15) is 30.4 Å². The Balaban J connectivity index is 1.72. The lowest BCUT2D eigenvalue weighted by Crippen LogP contribution is -2.58. The van der Waals surface area contributed by atoms with Gasteiger partial charge in [-0.1, -0.05) is 30.3 Å². The maximum absolute atomic E-state index is 13.2. The van der Waals surface area contributed by atoms with Gasteiger partial charge in [-0.15, -0.1) is 0 Å². The Morgan fingerprint density at radius 3 is 2.02 bits per heavy atom. The van der Waals surface area contributed by atoms with Gasteiger partial charge in [-0.25, -0.2) is 4.79 Å². The van der Waals surface area contributed by atoms with Crippen LogP contribution in [0.5, 0.6) is 5.75 Å². The van der Waals surface area contributed by atoms with Crippen LogP contribution in [0.25, 0.3) is 10.9 Å². The lowest BCUT2D eigenvalue weighted by atomic mass is 10.0. The van der Waals surface area contributed by atoms with Crippen molar-refractivity contribution in [2.75, 3.05) is 0 Å². The lowest BCUT2D eigenvalue weighted by Gasteiger charge is -2.24. The number of rotatable bonds is 16. The van der Waals surface area contributed by atoms with Crippen LogP contribution in [0, 0.1) is 0 Å². The molecule has 4 unspecified atom stereocenters. The number of para-hydroxylation sites is 1. The molecule has 5 amide bonds. The van der Waals surface area contributed by atoms with Crippen molar-refractivity contribution in [1.82, 2.24) is 20.9 Å². The number of phenolic OH excluding ortho intramolecular Hbond substituents is 1. The number of nitrogens with two attached hydrogens (primary N) is 3. The van der Waals surface area contributed by atoms with Crippen molar-refractivity contribution in [2.24, 2.45) is 17.2 Å². The highest BCUT2D eigenvalue weighted by atomic mass is 16.4. The molecular formula is C29H35N7O8. The minimum atomic E-state index is -1.54. The fraction of sp³-hybridized carbons (Fsp3) is 0.310. The SMILES string of the molecule is NC(=O)CCC(NC(=O)C(CC(N)=O)NC(=O)C(N)Cc1c[nH]c2ccccc12)C(=O)NC(Cc1ccc(O)cc1)C(=O)O. The molecule has 2 aromatic carbocycles. The van der Waals surface area contributed by atoms with Crippen LogP contribution < -0.4 is 33.2 Å². The molecule has 1 aromatic heterocycles. The number of aliphatic carboxylic acids is 1. The predicted molar refractivity (Wildman–Crippen MR) is 157 cm³/mol. The summed E-state index contributed by atoms with van der Waals surface area (Å²) in [5, 5.41) is 27.0. The van der Waals surface area contributed by atoms with Crippen molar-refractivity contribution in [2.45, 2.75) is 56.3 Å². The van der Waals surface area contributed by atoms with E-state index in [9.17, 15) is 39.0 Å². The summed E-state index contributed by atoms with van der Waals surface area (Å²) in [6.07, 6.45) is 0.347. The third kappa shape index (κ3) is 9.55. The fourth-order valence-corrected chi connectivity index (χ4v) is 4.49. The van der Waals surface area contributed by atoms with Gasteiger partial charge in [-0.05, 0) is 42.2 Å². The Morgan fingerprint density at radius 2 is 1.39 bits per heavy atom. The average Bonchev–Trinajstić information content (AvgIpc) is 3.37. The van der Waals surface area contributed by atoms with E-state index in [0.29, 0.717) is 5.56 Å². The van der Waals surface area contributed by atoms with E-state index in [1.54, 1.807) is 6.20 Å². The molecule has 0 saturated heterocycles. The molecule has 44 heavy (non-hydrogen) atoms. The van der Waals surface area contributed by atoms with Crippen LogP contribution >= 0.6 is 0 Å². The quantitative estimate of drug-likeness (QED) is 0.0929. The molecule has 3 aromatic rings. The maximum Gasteiger partial charge on any atom is 0.326 e. The number of phenols is 1. The number of amides is 5. The van der Waals surface area contributed by atoms with Gasteiger partial charge in [-0.3, -0.25) is 24.0 Å². The van der Waals surface area contributed by atoms with Crippen LogP contribution in [0.15, 0.2) is 54.7 Å². The van der Waals surface area contributed by atoms with Crippen molar-refractivity contribution < 1.29 is 39.0 Å². The zero-order valence-electron chi connectivity index (χ0n) is 23.6. The number of carbonyl (C=O) groups is 6. The molecule has 0 aliphatic rings.